The molecular weight excluding hydrogens is 302 g/mol. The van der Waals surface area contributed by atoms with E-state index in [1.165, 1.54) is 31.9 Å². The zero-order chi connectivity index (χ0) is 16.9. The molecule has 1 aliphatic rings. The van der Waals surface area contributed by atoms with Crippen LogP contribution in [0.25, 0.3) is 11.3 Å². The van der Waals surface area contributed by atoms with Gasteiger partial charge in [0.2, 0.25) is 0 Å². The molecule has 0 spiro atoms. The molecule has 1 heterocycles. The van der Waals surface area contributed by atoms with E-state index in [1.807, 2.05) is 37.4 Å². The third kappa shape index (κ3) is 3.67. The molecule has 2 aromatic rings. The van der Waals surface area contributed by atoms with Crippen LogP contribution in [0.4, 0.5) is 0 Å². The second-order valence-electron chi connectivity index (χ2n) is 6.59. The van der Waals surface area contributed by atoms with Gasteiger partial charge >= 0.3 is 0 Å². The lowest BCUT2D eigenvalue weighted by Gasteiger charge is -2.26. The van der Waals surface area contributed by atoms with Gasteiger partial charge in [-0.1, -0.05) is 48.3 Å². The maximum absolute atomic E-state index is 12.7. The van der Waals surface area contributed by atoms with Crippen LogP contribution in [0, 0.1) is 0 Å². The summed E-state index contributed by atoms with van der Waals surface area (Å²) in [4.78, 5) is 16.9. The van der Waals surface area contributed by atoms with Crippen LogP contribution < -0.4 is 0 Å². The van der Waals surface area contributed by atoms with Gasteiger partial charge in [0.1, 0.15) is 17.5 Å². The van der Waals surface area contributed by atoms with Gasteiger partial charge in [-0.05, 0) is 19.9 Å². The summed E-state index contributed by atoms with van der Waals surface area (Å²) in [6, 6.07) is 10.3. The zero-order valence-corrected chi connectivity index (χ0v) is 14.4. The highest BCUT2D eigenvalue weighted by atomic mass is 16.5. The quantitative estimate of drug-likeness (QED) is 0.817. The number of rotatable bonds is 6. The number of hydrogen-bond donors (Lipinski definition) is 0. The van der Waals surface area contributed by atoms with Gasteiger partial charge < -0.3 is 14.3 Å². The van der Waals surface area contributed by atoms with Gasteiger partial charge in [0.05, 0.1) is 0 Å². The molecule has 1 fully saturated rings. The van der Waals surface area contributed by atoms with Crippen molar-refractivity contribution in [2.75, 3.05) is 27.2 Å². The largest absolute Gasteiger partial charge is 0.363 e. The first-order valence-corrected chi connectivity index (χ1v) is 8.62. The molecule has 1 aromatic carbocycles. The van der Waals surface area contributed by atoms with E-state index < -0.39 is 0 Å². The lowest BCUT2D eigenvalue weighted by molar-refractivity contribution is 0.0774. The summed E-state index contributed by atoms with van der Waals surface area (Å²) in [6.45, 7) is 1.59. The van der Waals surface area contributed by atoms with Crippen molar-refractivity contribution in [2.24, 2.45) is 0 Å². The lowest BCUT2D eigenvalue weighted by Crippen LogP contribution is -2.38. The highest BCUT2D eigenvalue weighted by molar-refractivity contribution is 5.99. The Morgan fingerprint density at radius 2 is 1.88 bits per heavy atom. The summed E-state index contributed by atoms with van der Waals surface area (Å²) in [6.07, 6.45) is 6.65. The van der Waals surface area contributed by atoms with E-state index in [-0.39, 0.29) is 5.91 Å². The Kier molecular flexibility index (Phi) is 5.30. The molecule has 5 nitrogen and oxygen atoms in total. The van der Waals surface area contributed by atoms with Crippen molar-refractivity contribution in [3.05, 3.63) is 42.2 Å². The number of benzene rings is 1. The smallest absolute Gasteiger partial charge is 0.259 e. The normalized spacial score (nSPS) is 15.1. The summed E-state index contributed by atoms with van der Waals surface area (Å²) in [5, 5.41) is 4.02. The van der Waals surface area contributed by atoms with E-state index >= 15 is 0 Å². The molecule has 0 atom stereocenters. The predicted molar refractivity (Wildman–Crippen MR) is 93.8 cm³/mol. The van der Waals surface area contributed by atoms with Crippen LogP contribution in [0.2, 0.25) is 0 Å². The Hall–Kier alpha value is -2.14. The van der Waals surface area contributed by atoms with Gasteiger partial charge in [-0.25, -0.2) is 0 Å². The Morgan fingerprint density at radius 3 is 2.58 bits per heavy atom. The second-order valence-corrected chi connectivity index (χ2v) is 6.59. The minimum absolute atomic E-state index is 0.0464. The molecule has 0 bridgehead atoms. The summed E-state index contributed by atoms with van der Waals surface area (Å²) < 4.78 is 5.07. The fourth-order valence-electron chi connectivity index (χ4n) is 3.34. The Balaban J connectivity index is 1.63. The molecule has 1 aliphatic carbocycles. The number of carbonyl (C=O) groups is 1. The summed E-state index contributed by atoms with van der Waals surface area (Å²) in [7, 11) is 4.00. The predicted octanol–water partition coefficient (Wildman–Crippen LogP) is 3.29. The molecule has 1 amide bonds. The number of likely N-dealkylation sites (N-methyl/N-ethyl adjacent to an activating group) is 2. The van der Waals surface area contributed by atoms with Crippen LogP contribution >= 0.6 is 0 Å². The molecular formula is C19H25N3O2. The Labute approximate surface area is 143 Å². The van der Waals surface area contributed by atoms with E-state index in [0.29, 0.717) is 23.8 Å². The third-order valence-corrected chi connectivity index (χ3v) is 4.93. The van der Waals surface area contributed by atoms with E-state index in [0.717, 1.165) is 12.1 Å². The van der Waals surface area contributed by atoms with Crippen molar-refractivity contribution in [3.8, 4) is 11.3 Å². The van der Waals surface area contributed by atoms with Gasteiger partial charge in [0.15, 0.2) is 0 Å². The molecule has 5 heteroatoms. The number of aromatic nitrogens is 1. The third-order valence-electron chi connectivity index (χ3n) is 4.93. The van der Waals surface area contributed by atoms with Crippen molar-refractivity contribution < 1.29 is 9.32 Å². The van der Waals surface area contributed by atoms with E-state index in [2.05, 4.69) is 17.1 Å². The molecule has 24 heavy (non-hydrogen) atoms. The average Bonchev–Trinajstić information content (AvgIpc) is 3.30. The van der Waals surface area contributed by atoms with Gasteiger partial charge in [-0.2, -0.15) is 0 Å². The first kappa shape index (κ1) is 16.7. The topological polar surface area (TPSA) is 49.6 Å². The number of amides is 1. The molecule has 1 saturated carbocycles. The fraction of sp³-hybridized carbons (Fsp3) is 0.474. The Bertz CT molecular complexity index is 662. The molecule has 1 aromatic heterocycles. The molecule has 0 aliphatic heterocycles. The molecule has 3 rings (SSSR count). The standard InChI is InChI=1S/C19H25N3O2/c1-21(16-10-6-7-11-16)12-13-22(2)19(23)17-14-24-20-18(17)15-8-4-3-5-9-15/h3-5,8-9,14,16H,6-7,10-13H2,1-2H3. The first-order chi connectivity index (χ1) is 11.7. The van der Waals surface area contributed by atoms with Gasteiger partial charge in [-0.15, -0.1) is 0 Å². The van der Waals surface area contributed by atoms with Crippen LogP contribution in [0.3, 0.4) is 0 Å². The first-order valence-electron chi connectivity index (χ1n) is 8.62. The van der Waals surface area contributed by atoms with Gasteiger partial charge in [0.25, 0.3) is 5.91 Å². The van der Waals surface area contributed by atoms with Crippen LogP contribution in [0.15, 0.2) is 41.1 Å². The fourth-order valence-corrected chi connectivity index (χ4v) is 3.34. The van der Waals surface area contributed by atoms with Crippen molar-refractivity contribution in [2.45, 2.75) is 31.7 Å². The van der Waals surface area contributed by atoms with Crippen LogP contribution in [-0.2, 0) is 0 Å². The van der Waals surface area contributed by atoms with E-state index in [9.17, 15) is 4.79 Å². The maximum Gasteiger partial charge on any atom is 0.259 e. The molecule has 128 valence electrons. The molecule has 0 unspecified atom stereocenters. The number of carbonyl (C=O) groups excluding carboxylic acids is 1. The van der Waals surface area contributed by atoms with Crippen molar-refractivity contribution in [1.29, 1.82) is 0 Å². The number of nitrogens with zero attached hydrogens (tertiary/aromatic N) is 3. The molecule has 0 saturated heterocycles. The minimum Gasteiger partial charge on any atom is -0.363 e. The van der Waals surface area contributed by atoms with Gasteiger partial charge in [0, 0.05) is 31.7 Å². The minimum atomic E-state index is -0.0464. The van der Waals surface area contributed by atoms with Crippen molar-refractivity contribution >= 4 is 5.91 Å². The monoisotopic (exact) mass is 327 g/mol. The summed E-state index contributed by atoms with van der Waals surface area (Å²) in [5.41, 5.74) is 2.02. The van der Waals surface area contributed by atoms with E-state index in [1.54, 1.807) is 4.90 Å². The van der Waals surface area contributed by atoms with Gasteiger partial charge in [-0.3, -0.25) is 4.79 Å². The van der Waals surface area contributed by atoms with Crippen molar-refractivity contribution in [3.63, 3.8) is 0 Å². The summed E-state index contributed by atoms with van der Waals surface area (Å²) >= 11 is 0. The average molecular weight is 327 g/mol. The molecule has 0 N–H and O–H groups in total. The lowest BCUT2D eigenvalue weighted by atomic mass is 10.1. The Morgan fingerprint density at radius 1 is 1.17 bits per heavy atom. The number of hydrogen-bond acceptors (Lipinski definition) is 4. The van der Waals surface area contributed by atoms with E-state index in [4.69, 9.17) is 4.52 Å². The highest BCUT2D eigenvalue weighted by Crippen LogP contribution is 2.24. The van der Waals surface area contributed by atoms with Crippen LogP contribution in [0.5, 0.6) is 0 Å². The zero-order valence-electron chi connectivity index (χ0n) is 14.4. The van der Waals surface area contributed by atoms with Crippen LogP contribution in [-0.4, -0.2) is 54.1 Å². The highest BCUT2D eigenvalue weighted by Gasteiger charge is 2.23. The SMILES string of the molecule is CN(CCN(C)C1CCCC1)C(=O)c1conc1-c1ccccc1. The molecule has 0 radical (unpaired) electrons. The van der Waals surface area contributed by atoms with Crippen LogP contribution in [0.1, 0.15) is 36.0 Å². The second kappa shape index (κ2) is 7.62. The maximum atomic E-state index is 12.7. The summed E-state index contributed by atoms with van der Waals surface area (Å²) in [5.74, 6) is -0.0464. The van der Waals surface area contributed by atoms with Crippen molar-refractivity contribution in [1.82, 2.24) is 15.0 Å².